The first-order valence-electron chi connectivity index (χ1n) is 13.8. The molecule has 6 aromatic carbocycles. The summed E-state index contributed by atoms with van der Waals surface area (Å²) in [5, 5.41) is 5.12. The molecule has 6 rings (SSSR count). The molecule has 0 atom stereocenters. The summed E-state index contributed by atoms with van der Waals surface area (Å²) in [7, 11) is 0. The van der Waals surface area contributed by atoms with Crippen LogP contribution in [0.3, 0.4) is 0 Å². The SMILES string of the molecule is CC(C)c1ccccc1-c1ccc2ccccc2c1-c1c(-c2ccccc2C(C)C)ccc2ccccc12. The second-order valence-electron chi connectivity index (χ2n) is 10.9. The first kappa shape index (κ1) is 24.2. The molecule has 0 fully saturated rings. The van der Waals surface area contributed by atoms with Crippen LogP contribution in [0.1, 0.15) is 50.7 Å². The fourth-order valence-electron chi connectivity index (χ4n) is 6.02. The van der Waals surface area contributed by atoms with Crippen molar-refractivity contribution in [2.45, 2.75) is 39.5 Å². The molecule has 0 radical (unpaired) electrons. The average Bonchev–Trinajstić information content (AvgIpc) is 2.96. The van der Waals surface area contributed by atoms with E-state index in [0.717, 1.165) is 0 Å². The van der Waals surface area contributed by atoms with Crippen molar-refractivity contribution in [3.63, 3.8) is 0 Å². The van der Waals surface area contributed by atoms with Crippen molar-refractivity contribution in [3.05, 3.63) is 132 Å². The summed E-state index contributed by atoms with van der Waals surface area (Å²) in [6.45, 7) is 9.17. The smallest absolute Gasteiger partial charge is 0.00142 e. The third-order valence-electron chi connectivity index (χ3n) is 7.85. The fraction of sp³-hybridized carbons (Fsp3) is 0.158. The minimum absolute atomic E-state index is 0.430. The van der Waals surface area contributed by atoms with Crippen molar-refractivity contribution >= 4 is 21.5 Å². The molecule has 0 amide bonds. The summed E-state index contributed by atoms with van der Waals surface area (Å²) in [5.41, 5.74) is 10.6. The topological polar surface area (TPSA) is 0 Å². The van der Waals surface area contributed by atoms with Gasteiger partial charge in [0.05, 0.1) is 0 Å². The van der Waals surface area contributed by atoms with E-state index in [2.05, 4.69) is 149 Å². The maximum absolute atomic E-state index is 2.35. The average molecular weight is 491 g/mol. The summed E-state index contributed by atoms with van der Waals surface area (Å²) >= 11 is 0. The van der Waals surface area contributed by atoms with Gasteiger partial charge in [0.25, 0.3) is 0 Å². The normalized spacial score (nSPS) is 11.6. The molecule has 0 heteroatoms. The van der Waals surface area contributed by atoms with Crippen LogP contribution in [0.2, 0.25) is 0 Å². The molecule has 0 bridgehead atoms. The standard InChI is InChI=1S/C38H34/c1-25(2)29-15-9-11-19-33(29)35-23-21-27-13-5-7-17-31(27)37(35)38-32-18-8-6-14-28(32)22-24-36(38)34-20-12-10-16-30(34)26(3)4/h5-26H,1-4H3. The molecule has 0 nitrogen and oxygen atoms in total. The van der Waals surface area contributed by atoms with Crippen LogP contribution in [-0.4, -0.2) is 0 Å². The lowest BCUT2D eigenvalue weighted by molar-refractivity contribution is 0.869. The van der Waals surface area contributed by atoms with Crippen LogP contribution in [0.4, 0.5) is 0 Å². The van der Waals surface area contributed by atoms with Crippen molar-refractivity contribution in [3.8, 4) is 33.4 Å². The predicted octanol–water partition coefficient (Wildman–Crippen LogP) is 11.2. The molecule has 0 aliphatic carbocycles. The van der Waals surface area contributed by atoms with E-state index in [9.17, 15) is 0 Å². The maximum Gasteiger partial charge on any atom is -0.00142 e. The van der Waals surface area contributed by atoms with Crippen molar-refractivity contribution in [1.29, 1.82) is 0 Å². The zero-order chi connectivity index (χ0) is 26.2. The molecule has 0 saturated carbocycles. The van der Waals surface area contributed by atoms with Gasteiger partial charge < -0.3 is 0 Å². The van der Waals surface area contributed by atoms with Gasteiger partial charge in [0.2, 0.25) is 0 Å². The maximum atomic E-state index is 2.35. The largest absolute Gasteiger partial charge is 0.0619 e. The fourth-order valence-corrected chi connectivity index (χ4v) is 6.02. The summed E-state index contributed by atoms with van der Waals surface area (Å²) in [4.78, 5) is 0. The van der Waals surface area contributed by atoms with Crippen LogP contribution < -0.4 is 0 Å². The van der Waals surface area contributed by atoms with Crippen LogP contribution in [0.15, 0.2) is 121 Å². The zero-order valence-electron chi connectivity index (χ0n) is 22.7. The highest BCUT2D eigenvalue weighted by Crippen LogP contribution is 2.48. The molecule has 38 heavy (non-hydrogen) atoms. The number of rotatable bonds is 5. The van der Waals surface area contributed by atoms with E-state index in [1.807, 2.05) is 0 Å². The Bertz CT molecular complexity index is 1630. The van der Waals surface area contributed by atoms with Crippen molar-refractivity contribution in [2.24, 2.45) is 0 Å². The van der Waals surface area contributed by atoms with Gasteiger partial charge in [-0.2, -0.15) is 0 Å². The number of benzene rings is 6. The quantitative estimate of drug-likeness (QED) is 0.225. The highest BCUT2D eigenvalue weighted by Gasteiger charge is 2.22. The molecule has 0 spiro atoms. The van der Waals surface area contributed by atoms with Crippen LogP contribution in [-0.2, 0) is 0 Å². The van der Waals surface area contributed by atoms with Crippen LogP contribution >= 0.6 is 0 Å². The van der Waals surface area contributed by atoms with Crippen LogP contribution in [0, 0.1) is 0 Å². The van der Waals surface area contributed by atoms with Gasteiger partial charge >= 0.3 is 0 Å². The van der Waals surface area contributed by atoms with Crippen molar-refractivity contribution in [1.82, 2.24) is 0 Å². The third kappa shape index (κ3) is 4.11. The van der Waals surface area contributed by atoms with Gasteiger partial charge in [-0.3, -0.25) is 0 Å². The Morgan fingerprint density at radius 2 is 0.711 bits per heavy atom. The molecule has 6 aromatic rings. The molecule has 0 saturated heterocycles. The second kappa shape index (κ2) is 9.95. The zero-order valence-corrected chi connectivity index (χ0v) is 22.7. The molecular formula is C38H34. The number of hydrogen-bond acceptors (Lipinski definition) is 0. The Morgan fingerprint density at radius 1 is 0.342 bits per heavy atom. The molecule has 0 aliphatic rings. The third-order valence-corrected chi connectivity index (χ3v) is 7.85. The Morgan fingerprint density at radius 3 is 1.13 bits per heavy atom. The molecule has 186 valence electrons. The van der Waals surface area contributed by atoms with Gasteiger partial charge in [0.15, 0.2) is 0 Å². The van der Waals surface area contributed by atoms with Crippen molar-refractivity contribution < 1.29 is 0 Å². The summed E-state index contributed by atoms with van der Waals surface area (Å²) < 4.78 is 0. The van der Waals surface area contributed by atoms with Gasteiger partial charge in [-0.25, -0.2) is 0 Å². The summed E-state index contributed by atoms with van der Waals surface area (Å²) in [6.07, 6.45) is 0. The van der Waals surface area contributed by atoms with E-state index in [1.165, 1.54) is 66.1 Å². The molecule has 0 aliphatic heterocycles. The molecule has 0 unspecified atom stereocenters. The minimum Gasteiger partial charge on any atom is -0.0619 e. The predicted molar refractivity (Wildman–Crippen MR) is 166 cm³/mol. The van der Waals surface area contributed by atoms with E-state index in [0.29, 0.717) is 11.8 Å². The van der Waals surface area contributed by atoms with Crippen LogP contribution in [0.5, 0.6) is 0 Å². The lowest BCUT2D eigenvalue weighted by Gasteiger charge is -2.23. The Balaban J connectivity index is 1.82. The van der Waals surface area contributed by atoms with E-state index < -0.39 is 0 Å². The monoisotopic (exact) mass is 490 g/mol. The highest BCUT2D eigenvalue weighted by atomic mass is 14.2. The van der Waals surface area contributed by atoms with Crippen molar-refractivity contribution in [2.75, 3.05) is 0 Å². The molecular weight excluding hydrogens is 456 g/mol. The highest BCUT2D eigenvalue weighted by molar-refractivity contribution is 6.15. The molecule has 0 N–H and O–H groups in total. The number of fused-ring (bicyclic) bond motifs is 2. The Hall–Kier alpha value is -4.16. The van der Waals surface area contributed by atoms with E-state index >= 15 is 0 Å². The number of hydrogen-bond donors (Lipinski definition) is 0. The summed E-state index contributed by atoms with van der Waals surface area (Å²) in [5.74, 6) is 0.860. The Labute approximate surface area is 226 Å². The lowest BCUT2D eigenvalue weighted by Crippen LogP contribution is -1.98. The molecule has 0 aromatic heterocycles. The second-order valence-corrected chi connectivity index (χ2v) is 10.9. The van der Waals surface area contributed by atoms with Gasteiger partial charge in [-0.1, -0.05) is 149 Å². The van der Waals surface area contributed by atoms with E-state index in [4.69, 9.17) is 0 Å². The van der Waals surface area contributed by atoms with Crippen LogP contribution in [0.25, 0.3) is 54.9 Å². The first-order chi connectivity index (χ1) is 18.5. The Kier molecular flexibility index (Phi) is 6.34. The van der Waals surface area contributed by atoms with E-state index in [1.54, 1.807) is 0 Å². The lowest BCUT2D eigenvalue weighted by atomic mass is 9.80. The van der Waals surface area contributed by atoms with Gasteiger partial charge in [-0.15, -0.1) is 0 Å². The minimum atomic E-state index is 0.430. The summed E-state index contributed by atoms with van der Waals surface area (Å²) in [6, 6.07) is 44.9. The molecule has 0 heterocycles. The van der Waals surface area contributed by atoms with E-state index in [-0.39, 0.29) is 0 Å². The van der Waals surface area contributed by atoms with Gasteiger partial charge in [-0.05, 0) is 77.9 Å². The first-order valence-corrected chi connectivity index (χ1v) is 13.8. The van der Waals surface area contributed by atoms with Gasteiger partial charge in [0, 0.05) is 0 Å². The van der Waals surface area contributed by atoms with Gasteiger partial charge in [0.1, 0.15) is 0 Å².